The number of fused-ring (bicyclic) bond motifs is 1. The Hall–Kier alpha value is -0.610. The standard InChI is InChI=1S/C13H24N2O2/c1-3-12(13(16)17-4-2)15-8-10-6-5-7-14-11(10)9-15/h10-12,14H,3-9H2,1-2H3. The van der Waals surface area contributed by atoms with E-state index in [1.165, 1.54) is 12.8 Å². The number of nitrogens with zero attached hydrogens (tertiary/aromatic N) is 1. The van der Waals surface area contributed by atoms with E-state index in [4.69, 9.17) is 4.74 Å². The molecule has 3 unspecified atom stereocenters. The fourth-order valence-corrected chi connectivity index (χ4v) is 3.15. The van der Waals surface area contributed by atoms with Crippen LogP contribution in [0.25, 0.3) is 0 Å². The van der Waals surface area contributed by atoms with E-state index in [-0.39, 0.29) is 12.0 Å². The average Bonchev–Trinajstić information content (AvgIpc) is 2.73. The fourth-order valence-electron chi connectivity index (χ4n) is 3.15. The van der Waals surface area contributed by atoms with E-state index in [0.29, 0.717) is 12.6 Å². The molecule has 4 nitrogen and oxygen atoms in total. The molecule has 0 aromatic carbocycles. The molecule has 0 aromatic heterocycles. The zero-order chi connectivity index (χ0) is 12.3. The molecule has 17 heavy (non-hydrogen) atoms. The summed E-state index contributed by atoms with van der Waals surface area (Å²) in [4.78, 5) is 14.2. The highest BCUT2D eigenvalue weighted by Gasteiger charge is 2.39. The molecule has 0 bridgehead atoms. The minimum Gasteiger partial charge on any atom is -0.465 e. The van der Waals surface area contributed by atoms with E-state index >= 15 is 0 Å². The van der Waals surface area contributed by atoms with Crippen LogP contribution >= 0.6 is 0 Å². The van der Waals surface area contributed by atoms with Gasteiger partial charge in [-0.2, -0.15) is 0 Å². The molecule has 0 aliphatic carbocycles. The van der Waals surface area contributed by atoms with Gasteiger partial charge in [-0.3, -0.25) is 9.69 Å². The summed E-state index contributed by atoms with van der Waals surface area (Å²) in [6.45, 7) is 7.60. The SMILES string of the molecule is CCOC(=O)C(CC)N1CC2CCCNC2C1. The van der Waals surface area contributed by atoms with E-state index in [9.17, 15) is 4.79 Å². The van der Waals surface area contributed by atoms with Crippen molar-refractivity contribution < 1.29 is 9.53 Å². The number of nitrogens with one attached hydrogen (secondary N) is 1. The number of hydrogen-bond donors (Lipinski definition) is 1. The van der Waals surface area contributed by atoms with Crippen LogP contribution in [0.3, 0.4) is 0 Å². The molecule has 2 saturated heterocycles. The third-order valence-corrected chi connectivity index (χ3v) is 4.01. The summed E-state index contributed by atoms with van der Waals surface area (Å²) in [5.74, 6) is 0.681. The minimum atomic E-state index is -0.0475. The van der Waals surface area contributed by atoms with E-state index in [0.717, 1.165) is 32.0 Å². The molecule has 4 heteroatoms. The van der Waals surface area contributed by atoms with Gasteiger partial charge in [0.2, 0.25) is 0 Å². The van der Waals surface area contributed by atoms with Crippen molar-refractivity contribution in [1.82, 2.24) is 10.2 Å². The van der Waals surface area contributed by atoms with E-state index < -0.39 is 0 Å². The lowest BCUT2D eigenvalue weighted by molar-refractivity contribution is -0.149. The average molecular weight is 240 g/mol. The maximum atomic E-state index is 11.9. The number of ether oxygens (including phenoxy) is 1. The highest BCUT2D eigenvalue weighted by Crippen LogP contribution is 2.27. The molecule has 3 atom stereocenters. The van der Waals surface area contributed by atoms with E-state index in [2.05, 4.69) is 17.1 Å². The minimum absolute atomic E-state index is 0.0395. The molecule has 0 radical (unpaired) electrons. The fraction of sp³-hybridized carbons (Fsp3) is 0.923. The molecule has 2 aliphatic rings. The van der Waals surface area contributed by atoms with Gasteiger partial charge in [0.1, 0.15) is 6.04 Å². The van der Waals surface area contributed by atoms with Crippen LogP contribution < -0.4 is 5.32 Å². The van der Waals surface area contributed by atoms with Gasteiger partial charge in [0.05, 0.1) is 6.61 Å². The van der Waals surface area contributed by atoms with Crippen molar-refractivity contribution in [3.8, 4) is 0 Å². The van der Waals surface area contributed by atoms with Crippen LogP contribution in [-0.4, -0.2) is 49.2 Å². The Morgan fingerprint density at radius 3 is 2.94 bits per heavy atom. The molecule has 0 spiro atoms. The molecule has 98 valence electrons. The Bertz CT molecular complexity index is 256. The summed E-state index contributed by atoms with van der Waals surface area (Å²) in [6.07, 6.45) is 3.41. The van der Waals surface area contributed by atoms with Crippen molar-refractivity contribution in [2.45, 2.75) is 45.2 Å². The Kier molecular flexibility index (Phi) is 4.40. The summed E-state index contributed by atoms with van der Waals surface area (Å²) in [6, 6.07) is 0.551. The summed E-state index contributed by atoms with van der Waals surface area (Å²) in [5, 5.41) is 3.57. The second-order valence-corrected chi connectivity index (χ2v) is 5.09. The third kappa shape index (κ3) is 2.80. The predicted octanol–water partition coefficient (Wildman–Crippen LogP) is 1.01. The van der Waals surface area contributed by atoms with Crippen molar-refractivity contribution in [3.05, 3.63) is 0 Å². The second-order valence-electron chi connectivity index (χ2n) is 5.09. The van der Waals surface area contributed by atoms with Gasteiger partial charge in [0.15, 0.2) is 0 Å². The maximum Gasteiger partial charge on any atom is 0.323 e. The van der Waals surface area contributed by atoms with Crippen LogP contribution in [0.2, 0.25) is 0 Å². The number of carbonyl (C=O) groups is 1. The molecular formula is C13H24N2O2. The lowest BCUT2D eigenvalue weighted by Crippen LogP contribution is -2.43. The Morgan fingerprint density at radius 2 is 2.29 bits per heavy atom. The van der Waals surface area contributed by atoms with Crippen molar-refractivity contribution >= 4 is 5.97 Å². The molecule has 0 saturated carbocycles. The summed E-state index contributed by atoms with van der Waals surface area (Å²) in [7, 11) is 0. The van der Waals surface area contributed by atoms with Crippen LogP contribution in [-0.2, 0) is 9.53 Å². The van der Waals surface area contributed by atoms with Crippen LogP contribution in [0.1, 0.15) is 33.1 Å². The van der Waals surface area contributed by atoms with Crippen molar-refractivity contribution in [3.63, 3.8) is 0 Å². The monoisotopic (exact) mass is 240 g/mol. The molecule has 1 N–H and O–H groups in total. The van der Waals surface area contributed by atoms with Crippen LogP contribution in [0.15, 0.2) is 0 Å². The molecule has 0 amide bonds. The first kappa shape index (κ1) is 12.8. The zero-order valence-electron chi connectivity index (χ0n) is 10.9. The highest BCUT2D eigenvalue weighted by atomic mass is 16.5. The van der Waals surface area contributed by atoms with Crippen LogP contribution in [0.4, 0.5) is 0 Å². The number of likely N-dealkylation sites (tertiary alicyclic amines) is 1. The first-order chi connectivity index (χ1) is 8.26. The lowest BCUT2D eigenvalue weighted by atomic mass is 9.94. The largest absolute Gasteiger partial charge is 0.465 e. The first-order valence-electron chi connectivity index (χ1n) is 6.90. The van der Waals surface area contributed by atoms with Crippen LogP contribution in [0, 0.1) is 5.92 Å². The van der Waals surface area contributed by atoms with Gasteiger partial charge in [0.25, 0.3) is 0 Å². The first-order valence-corrected chi connectivity index (χ1v) is 6.90. The number of piperidine rings is 1. The van der Waals surface area contributed by atoms with Crippen molar-refractivity contribution in [1.29, 1.82) is 0 Å². The molecule has 2 fully saturated rings. The summed E-state index contributed by atoms with van der Waals surface area (Å²) < 4.78 is 5.16. The molecule has 2 aliphatic heterocycles. The lowest BCUT2D eigenvalue weighted by Gasteiger charge is -2.25. The quantitative estimate of drug-likeness (QED) is 0.745. The summed E-state index contributed by atoms with van der Waals surface area (Å²) in [5.41, 5.74) is 0. The highest BCUT2D eigenvalue weighted by molar-refractivity contribution is 5.75. The topological polar surface area (TPSA) is 41.6 Å². The van der Waals surface area contributed by atoms with Crippen molar-refractivity contribution in [2.75, 3.05) is 26.2 Å². The molecule has 0 aromatic rings. The van der Waals surface area contributed by atoms with Gasteiger partial charge < -0.3 is 10.1 Å². The van der Waals surface area contributed by atoms with Crippen molar-refractivity contribution in [2.24, 2.45) is 5.92 Å². The van der Waals surface area contributed by atoms with Crippen LogP contribution in [0.5, 0.6) is 0 Å². The molecule has 2 rings (SSSR count). The number of carbonyl (C=O) groups excluding carboxylic acids is 1. The van der Waals surface area contributed by atoms with E-state index in [1.54, 1.807) is 0 Å². The Morgan fingerprint density at radius 1 is 1.47 bits per heavy atom. The van der Waals surface area contributed by atoms with Gasteiger partial charge in [0, 0.05) is 19.1 Å². The molecule has 2 heterocycles. The molecular weight excluding hydrogens is 216 g/mol. The smallest absolute Gasteiger partial charge is 0.323 e. The third-order valence-electron chi connectivity index (χ3n) is 4.01. The number of rotatable bonds is 4. The van der Waals surface area contributed by atoms with Gasteiger partial charge >= 0.3 is 5.97 Å². The zero-order valence-corrected chi connectivity index (χ0v) is 10.9. The maximum absolute atomic E-state index is 11.9. The van der Waals surface area contributed by atoms with Gasteiger partial charge in [-0.05, 0) is 38.6 Å². The van der Waals surface area contributed by atoms with Gasteiger partial charge in [-0.15, -0.1) is 0 Å². The Labute approximate surface area is 104 Å². The number of esters is 1. The second kappa shape index (κ2) is 5.83. The normalized spacial score (nSPS) is 30.9. The van der Waals surface area contributed by atoms with Gasteiger partial charge in [-0.1, -0.05) is 6.92 Å². The summed E-state index contributed by atoms with van der Waals surface area (Å²) >= 11 is 0. The number of hydrogen-bond acceptors (Lipinski definition) is 4. The van der Waals surface area contributed by atoms with E-state index in [1.807, 2.05) is 6.92 Å². The Balaban J connectivity index is 1.94. The predicted molar refractivity (Wildman–Crippen MR) is 66.8 cm³/mol. The van der Waals surface area contributed by atoms with Gasteiger partial charge in [-0.25, -0.2) is 0 Å².